The third-order valence-corrected chi connectivity index (χ3v) is 0.801. The molecular weight excluding hydrogens is 100 g/mol. The Morgan fingerprint density at radius 3 is 2.25 bits per heavy atom. The SMILES string of the molecule is [CH]c1cnc(C)nc1. The molecule has 0 atom stereocenters. The van der Waals surface area contributed by atoms with Crippen molar-refractivity contribution < 1.29 is 0 Å². The largest absolute Gasteiger partial charge is 0.241 e. The third kappa shape index (κ3) is 1.03. The van der Waals surface area contributed by atoms with Crippen LogP contribution in [0.3, 0.4) is 0 Å². The first-order valence-electron chi connectivity index (χ1n) is 2.33. The van der Waals surface area contributed by atoms with Crippen LogP contribution in [0.5, 0.6) is 0 Å². The molecule has 1 aromatic rings. The molecule has 1 aromatic heterocycles. The second-order valence-electron chi connectivity index (χ2n) is 1.56. The van der Waals surface area contributed by atoms with Crippen molar-refractivity contribution in [3.8, 4) is 0 Å². The van der Waals surface area contributed by atoms with Gasteiger partial charge in [-0.1, -0.05) is 0 Å². The zero-order chi connectivity index (χ0) is 5.98. The van der Waals surface area contributed by atoms with Crippen molar-refractivity contribution in [1.82, 2.24) is 9.97 Å². The number of aromatic nitrogens is 2. The molecule has 0 aliphatic rings. The summed E-state index contributed by atoms with van der Waals surface area (Å²) in [5.41, 5.74) is 0.607. The zero-order valence-corrected chi connectivity index (χ0v) is 4.63. The lowest BCUT2D eigenvalue weighted by Gasteiger charge is -1.88. The molecule has 0 bridgehead atoms. The van der Waals surface area contributed by atoms with Crippen LogP contribution < -0.4 is 0 Å². The number of hydrogen-bond acceptors (Lipinski definition) is 2. The Labute approximate surface area is 48.6 Å². The lowest BCUT2D eigenvalue weighted by molar-refractivity contribution is 1.04. The minimum atomic E-state index is 0.607. The molecule has 0 unspecified atom stereocenters. The Kier molecular flexibility index (Phi) is 1.24. The summed E-state index contributed by atoms with van der Waals surface area (Å²) in [4.78, 5) is 7.69. The molecule has 0 amide bonds. The maximum atomic E-state index is 5.30. The number of aryl methyl sites for hydroxylation is 1. The molecule has 0 aliphatic carbocycles. The Balaban J connectivity index is 3.03. The molecule has 0 spiro atoms. The Morgan fingerprint density at radius 1 is 1.38 bits per heavy atom. The fourth-order valence-corrected chi connectivity index (χ4v) is 0.403. The van der Waals surface area contributed by atoms with Crippen molar-refractivity contribution in [2.45, 2.75) is 6.92 Å². The molecular formula is C6H6N2. The van der Waals surface area contributed by atoms with Gasteiger partial charge in [-0.25, -0.2) is 9.97 Å². The van der Waals surface area contributed by atoms with Crippen LogP contribution in [0.2, 0.25) is 0 Å². The molecule has 0 aliphatic heterocycles. The average molecular weight is 106 g/mol. The van der Waals surface area contributed by atoms with Crippen LogP contribution in [-0.4, -0.2) is 9.97 Å². The van der Waals surface area contributed by atoms with E-state index in [1.807, 2.05) is 6.92 Å². The third-order valence-electron chi connectivity index (χ3n) is 0.801. The summed E-state index contributed by atoms with van der Waals surface area (Å²) in [6.45, 7) is 7.12. The lowest BCUT2D eigenvalue weighted by atomic mass is 10.4. The van der Waals surface area contributed by atoms with Crippen LogP contribution in [0.1, 0.15) is 11.4 Å². The summed E-state index contributed by atoms with van der Waals surface area (Å²) in [6.07, 6.45) is 3.17. The van der Waals surface area contributed by atoms with Gasteiger partial charge in [0.25, 0.3) is 0 Å². The van der Waals surface area contributed by atoms with Crippen LogP contribution in [0.4, 0.5) is 0 Å². The zero-order valence-electron chi connectivity index (χ0n) is 4.63. The van der Waals surface area contributed by atoms with Gasteiger partial charge in [-0.3, -0.25) is 0 Å². The highest BCUT2D eigenvalue weighted by Crippen LogP contribution is 1.89. The fourth-order valence-electron chi connectivity index (χ4n) is 0.403. The number of hydrogen-bond donors (Lipinski definition) is 0. The fraction of sp³-hybridized carbons (Fsp3) is 0.167. The molecule has 2 radical (unpaired) electrons. The monoisotopic (exact) mass is 106 g/mol. The molecule has 0 fully saturated rings. The van der Waals surface area contributed by atoms with Gasteiger partial charge in [0.2, 0.25) is 0 Å². The Bertz CT molecular complexity index is 145. The van der Waals surface area contributed by atoms with E-state index < -0.39 is 0 Å². The van der Waals surface area contributed by atoms with Crippen molar-refractivity contribution in [3.63, 3.8) is 0 Å². The van der Waals surface area contributed by atoms with E-state index in [0.717, 1.165) is 5.82 Å². The molecule has 0 aromatic carbocycles. The van der Waals surface area contributed by atoms with Gasteiger partial charge < -0.3 is 0 Å². The predicted octanol–water partition coefficient (Wildman–Crippen LogP) is 0.844. The predicted molar refractivity (Wildman–Crippen MR) is 30.2 cm³/mol. The van der Waals surface area contributed by atoms with Crippen LogP contribution in [0.15, 0.2) is 12.4 Å². The Hall–Kier alpha value is -0.920. The summed E-state index contributed by atoms with van der Waals surface area (Å²) >= 11 is 0. The van der Waals surface area contributed by atoms with E-state index in [0.29, 0.717) is 5.56 Å². The maximum Gasteiger partial charge on any atom is 0.125 e. The molecule has 0 N–H and O–H groups in total. The molecule has 2 nitrogen and oxygen atoms in total. The molecule has 8 heavy (non-hydrogen) atoms. The highest BCUT2D eigenvalue weighted by molar-refractivity contribution is 5.07. The van der Waals surface area contributed by atoms with E-state index in [2.05, 4.69) is 9.97 Å². The van der Waals surface area contributed by atoms with Crippen LogP contribution in [0.25, 0.3) is 0 Å². The lowest BCUT2D eigenvalue weighted by Crippen LogP contribution is -1.84. The van der Waals surface area contributed by atoms with Crippen molar-refractivity contribution >= 4 is 0 Å². The van der Waals surface area contributed by atoms with Gasteiger partial charge in [0, 0.05) is 19.3 Å². The van der Waals surface area contributed by atoms with Crippen LogP contribution in [0, 0.1) is 13.8 Å². The maximum absolute atomic E-state index is 5.30. The van der Waals surface area contributed by atoms with Crippen molar-refractivity contribution in [2.75, 3.05) is 0 Å². The average Bonchev–Trinajstić information content (AvgIpc) is 1.77. The van der Waals surface area contributed by atoms with Crippen LogP contribution >= 0.6 is 0 Å². The van der Waals surface area contributed by atoms with Gasteiger partial charge in [0.05, 0.1) is 0 Å². The highest BCUT2D eigenvalue weighted by Gasteiger charge is 1.82. The number of nitrogens with zero attached hydrogens (tertiary/aromatic N) is 2. The summed E-state index contributed by atoms with van der Waals surface area (Å²) < 4.78 is 0. The number of rotatable bonds is 0. The van der Waals surface area contributed by atoms with E-state index in [1.165, 1.54) is 0 Å². The standard InChI is InChI=1S/C6H6N2/c1-5-3-7-6(2)8-4-5/h1,3-4H,2H3. The van der Waals surface area contributed by atoms with E-state index in [1.54, 1.807) is 12.4 Å². The molecule has 2 heteroatoms. The Morgan fingerprint density at radius 2 is 1.88 bits per heavy atom. The van der Waals surface area contributed by atoms with Crippen molar-refractivity contribution in [1.29, 1.82) is 0 Å². The van der Waals surface area contributed by atoms with Crippen LogP contribution in [-0.2, 0) is 0 Å². The quantitative estimate of drug-likeness (QED) is 0.490. The first-order chi connectivity index (χ1) is 3.79. The van der Waals surface area contributed by atoms with Crippen molar-refractivity contribution in [3.05, 3.63) is 30.7 Å². The van der Waals surface area contributed by atoms with Gasteiger partial charge in [-0.05, 0) is 12.5 Å². The highest BCUT2D eigenvalue weighted by atomic mass is 14.8. The van der Waals surface area contributed by atoms with Crippen molar-refractivity contribution in [2.24, 2.45) is 0 Å². The minimum Gasteiger partial charge on any atom is -0.241 e. The summed E-state index contributed by atoms with van der Waals surface area (Å²) in [6, 6.07) is 0. The second kappa shape index (κ2) is 1.90. The molecule has 1 rings (SSSR count). The second-order valence-corrected chi connectivity index (χ2v) is 1.56. The first kappa shape index (κ1) is 5.22. The first-order valence-corrected chi connectivity index (χ1v) is 2.33. The van der Waals surface area contributed by atoms with Gasteiger partial charge in [0.1, 0.15) is 5.82 Å². The van der Waals surface area contributed by atoms with E-state index >= 15 is 0 Å². The van der Waals surface area contributed by atoms with E-state index in [4.69, 9.17) is 6.92 Å². The molecule has 0 saturated heterocycles. The summed E-state index contributed by atoms with van der Waals surface area (Å²) in [5, 5.41) is 0. The topological polar surface area (TPSA) is 25.8 Å². The van der Waals surface area contributed by atoms with E-state index in [9.17, 15) is 0 Å². The molecule has 40 valence electrons. The van der Waals surface area contributed by atoms with Gasteiger partial charge in [0.15, 0.2) is 0 Å². The van der Waals surface area contributed by atoms with Gasteiger partial charge >= 0.3 is 0 Å². The summed E-state index contributed by atoms with van der Waals surface area (Å²) in [5.74, 6) is 0.749. The van der Waals surface area contributed by atoms with Gasteiger partial charge in [-0.2, -0.15) is 0 Å². The molecule has 0 saturated carbocycles. The normalized spacial score (nSPS) is 9.25. The molecule has 1 heterocycles. The smallest absolute Gasteiger partial charge is 0.125 e. The minimum absolute atomic E-state index is 0.607. The summed E-state index contributed by atoms with van der Waals surface area (Å²) in [7, 11) is 0. The van der Waals surface area contributed by atoms with Gasteiger partial charge in [-0.15, -0.1) is 0 Å². The van der Waals surface area contributed by atoms with E-state index in [-0.39, 0.29) is 0 Å².